The standard InChI is InChI=1S/2C17H14P.ClH.Fe.Ni/c2*1-3-9-15(10-4-1)18(17-13-7-8-14-17)16-11-5-2-6-12-16;;;/h2*1-14H;1H;;/q-5;-1;;;. The molecule has 0 spiro atoms. The van der Waals surface area contributed by atoms with Crippen molar-refractivity contribution in [3.05, 3.63) is 170 Å². The van der Waals surface area contributed by atoms with Gasteiger partial charge in [0.2, 0.25) is 0 Å². The Hall–Kier alpha value is -2.26. The third-order valence-corrected chi connectivity index (χ3v) is 10.8. The summed E-state index contributed by atoms with van der Waals surface area (Å²) in [4.78, 5) is 0. The van der Waals surface area contributed by atoms with E-state index < -0.39 is 15.8 Å². The van der Waals surface area contributed by atoms with Crippen LogP contribution in [0.25, 0.3) is 0 Å². The van der Waals surface area contributed by atoms with Crippen molar-refractivity contribution in [1.29, 1.82) is 0 Å². The summed E-state index contributed by atoms with van der Waals surface area (Å²) in [6, 6.07) is 60.5. The first-order valence-corrected chi connectivity index (χ1v) is 14.8. The molecule has 206 valence electrons. The Morgan fingerprint density at radius 3 is 1.08 bits per heavy atom. The fourth-order valence-corrected chi connectivity index (χ4v) is 8.84. The Bertz CT molecular complexity index is 1220. The van der Waals surface area contributed by atoms with E-state index in [2.05, 4.69) is 170 Å². The van der Waals surface area contributed by atoms with Gasteiger partial charge < -0.3 is 29.6 Å². The molecule has 0 bridgehead atoms. The van der Waals surface area contributed by atoms with Crippen molar-refractivity contribution in [3.63, 3.8) is 0 Å². The van der Waals surface area contributed by atoms with Crippen molar-refractivity contribution in [2.24, 2.45) is 0 Å². The number of rotatable bonds is 6. The van der Waals surface area contributed by atoms with Crippen molar-refractivity contribution in [2.45, 2.75) is 0 Å². The molecule has 0 aliphatic heterocycles. The van der Waals surface area contributed by atoms with Crippen LogP contribution in [-0.2, 0) is 33.6 Å². The normalized spacial score (nSPS) is 9.90. The summed E-state index contributed by atoms with van der Waals surface area (Å²) in [5, 5.41) is 8.47. The summed E-state index contributed by atoms with van der Waals surface area (Å²) in [5.41, 5.74) is 0. The molecule has 0 nitrogen and oxygen atoms in total. The second-order valence-electron chi connectivity index (χ2n) is 8.30. The summed E-state index contributed by atoms with van der Waals surface area (Å²) in [5.74, 6) is 0. The van der Waals surface area contributed by atoms with E-state index in [9.17, 15) is 0 Å². The van der Waals surface area contributed by atoms with Crippen LogP contribution in [0.5, 0.6) is 0 Å². The molecule has 0 unspecified atom stereocenters. The molecule has 0 amide bonds. The SMILES string of the molecule is Cl.[Fe].[Ni].c1ccc(P(c2ccccc2)[c-]2[cH-][cH-][cH-][cH-]2)cc1.c1ccc(P(c2ccccc2)[c-]2cccc2)cc1. The van der Waals surface area contributed by atoms with E-state index in [1.165, 1.54) is 31.8 Å². The summed E-state index contributed by atoms with van der Waals surface area (Å²) in [6.07, 6.45) is 0. The van der Waals surface area contributed by atoms with Gasteiger partial charge in [-0.2, -0.15) is 12.1 Å². The minimum atomic E-state index is -0.409. The van der Waals surface area contributed by atoms with Crippen LogP contribution in [0.3, 0.4) is 0 Å². The maximum atomic E-state index is 2.23. The molecule has 0 aliphatic carbocycles. The number of hydrogen-bond acceptors (Lipinski definition) is 0. The van der Waals surface area contributed by atoms with Gasteiger partial charge in [0.15, 0.2) is 0 Å². The van der Waals surface area contributed by atoms with Crippen LogP contribution in [-0.4, -0.2) is 0 Å². The van der Waals surface area contributed by atoms with E-state index in [1.807, 2.05) is 0 Å². The number of benzene rings is 4. The molecule has 0 radical (unpaired) electrons. The molecule has 0 saturated carbocycles. The molecule has 0 heterocycles. The van der Waals surface area contributed by atoms with Crippen molar-refractivity contribution >= 4 is 60.1 Å². The van der Waals surface area contributed by atoms with Gasteiger partial charge in [-0.15, -0.1) is 17.7 Å². The first-order chi connectivity index (χ1) is 17.9. The first kappa shape index (κ1) is 33.0. The molecule has 0 atom stereocenters. The zero-order valence-electron chi connectivity index (χ0n) is 21.1. The Kier molecular flexibility index (Phi) is 14.7. The smallest absolute Gasteiger partial charge is 0 e. The predicted molar refractivity (Wildman–Crippen MR) is 169 cm³/mol. The topological polar surface area (TPSA) is 0 Å². The van der Waals surface area contributed by atoms with E-state index >= 15 is 0 Å². The largest absolute Gasteiger partial charge is 0.747 e. The Labute approximate surface area is 261 Å². The molecule has 0 saturated heterocycles. The van der Waals surface area contributed by atoms with Crippen molar-refractivity contribution in [1.82, 2.24) is 0 Å². The van der Waals surface area contributed by atoms with Crippen LogP contribution >= 0.6 is 28.3 Å². The van der Waals surface area contributed by atoms with E-state index in [0.717, 1.165) is 0 Å². The summed E-state index contributed by atoms with van der Waals surface area (Å²) >= 11 is 0. The molecule has 39 heavy (non-hydrogen) atoms. The molecule has 6 aromatic rings. The van der Waals surface area contributed by atoms with E-state index in [1.54, 1.807) is 0 Å². The molecule has 5 heteroatoms. The molecular formula is C34H29ClFeNiP2-6. The fraction of sp³-hybridized carbons (Fsp3) is 0. The average molecular weight is 650 g/mol. The van der Waals surface area contributed by atoms with Crippen LogP contribution in [0.2, 0.25) is 0 Å². The summed E-state index contributed by atoms with van der Waals surface area (Å²) < 4.78 is 0. The van der Waals surface area contributed by atoms with Crippen LogP contribution < -0.4 is 31.8 Å². The van der Waals surface area contributed by atoms with Gasteiger partial charge in [-0.1, -0.05) is 140 Å². The molecule has 0 aromatic heterocycles. The minimum absolute atomic E-state index is 0. The van der Waals surface area contributed by atoms with E-state index in [-0.39, 0.29) is 46.0 Å². The van der Waals surface area contributed by atoms with Gasteiger partial charge in [-0.05, 0) is 10.6 Å². The number of hydrogen-bond donors (Lipinski definition) is 0. The Morgan fingerprint density at radius 1 is 0.436 bits per heavy atom. The first-order valence-electron chi connectivity index (χ1n) is 12.1. The molecule has 0 N–H and O–H groups in total. The average Bonchev–Trinajstić information content (AvgIpc) is 3.68. The van der Waals surface area contributed by atoms with Gasteiger partial charge in [0.05, 0.1) is 0 Å². The van der Waals surface area contributed by atoms with Crippen LogP contribution in [0.4, 0.5) is 0 Å². The molecule has 0 fully saturated rings. The van der Waals surface area contributed by atoms with Crippen molar-refractivity contribution < 1.29 is 33.6 Å². The maximum Gasteiger partial charge on any atom is 0 e. The van der Waals surface area contributed by atoms with Crippen molar-refractivity contribution in [3.8, 4) is 0 Å². The maximum absolute atomic E-state index is 2.23. The molecule has 6 rings (SSSR count). The summed E-state index contributed by atoms with van der Waals surface area (Å²) in [6.45, 7) is 0. The van der Waals surface area contributed by atoms with Gasteiger partial charge in [-0.25, -0.2) is 20.1 Å². The predicted octanol–water partition coefficient (Wildman–Crippen LogP) is 6.74. The van der Waals surface area contributed by atoms with Gasteiger partial charge in [0, 0.05) is 33.6 Å². The monoisotopic (exact) mass is 648 g/mol. The molecular weight excluding hydrogens is 620 g/mol. The zero-order valence-corrected chi connectivity index (χ0v) is 25.8. The molecule has 6 aromatic carbocycles. The second-order valence-corrected chi connectivity index (χ2v) is 12.7. The van der Waals surface area contributed by atoms with Gasteiger partial charge in [0.25, 0.3) is 0 Å². The van der Waals surface area contributed by atoms with Gasteiger partial charge in [-0.3, -0.25) is 0 Å². The molecule has 0 aliphatic rings. The third-order valence-electron chi connectivity index (χ3n) is 5.86. The van der Waals surface area contributed by atoms with Crippen LogP contribution in [0.1, 0.15) is 0 Å². The third kappa shape index (κ3) is 8.87. The minimum Gasteiger partial charge on any atom is -0.747 e. The van der Waals surface area contributed by atoms with E-state index in [4.69, 9.17) is 0 Å². The fourth-order valence-electron chi connectivity index (χ4n) is 4.23. The Morgan fingerprint density at radius 2 is 0.744 bits per heavy atom. The van der Waals surface area contributed by atoms with E-state index in [0.29, 0.717) is 0 Å². The van der Waals surface area contributed by atoms with Crippen molar-refractivity contribution in [2.75, 3.05) is 0 Å². The van der Waals surface area contributed by atoms with Gasteiger partial charge in [0.1, 0.15) is 0 Å². The Balaban J connectivity index is 0.000000254. The van der Waals surface area contributed by atoms with Gasteiger partial charge >= 0.3 is 0 Å². The van der Waals surface area contributed by atoms with Crippen LogP contribution in [0.15, 0.2) is 170 Å². The zero-order chi connectivity index (χ0) is 24.4. The quantitative estimate of drug-likeness (QED) is 0.107. The van der Waals surface area contributed by atoms with Crippen LogP contribution in [0, 0.1) is 0 Å². The number of halogens is 1. The summed E-state index contributed by atoms with van der Waals surface area (Å²) in [7, 11) is -0.818. The second kappa shape index (κ2) is 17.4.